The molecule has 0 atom stereocenters. The maximum atomic E-state index is 12.3. The van der Waals surface area contributed by atoms with E-state index in [0.717, 1.165) is 24.0 Å². The lowest BCUT2D eigenvalue weighted by Gasteiger charge is -2.12. The Morgan fingerprint density at radius 2 is 1.27 bits per heavy atom. The Kier molecular flexibility index (Phi) is 4.53. The van der Waals surface area contributed by atoms with Crippen molar-refractivity contribution in [3.8, 4) is 5.75 Å². The number of hydrogen-bond acceptors (Lipinski definition) is 1. The molecule has 1 aliphatic carbocycles. The van der Waals surface area contributed by atoms with Crippen molar-refractivity contribution in [1.82, 2.24) is 0 Å². The van der Waals surface area contributed by atoms with Crippen molar-refractivity contribution in [2.45, 2.75) is 19.5 Å². The predicted molar refractivity (Wildman–Crippen MR) is 100 cm³/mol. The molecule has 1 aliphatic rings. The number of rotatable bonds is 3. The molecule has 130 valence electrons. The minimum Gasteiger partial charge on any atom is -0.435 e. The summed E-state index contributed by atoms with van der Waals surface area (Å²) in [6.45, 7) is -2.81. The molecule has 3 aromatic carbocycles. The van der Waals surface area contributed by atoms with E-state index in [-0.39, 0.29) is 5.75 Å². The lowest BCUT2D eigenvalue weighted by atomic mass is 9.92. The van der Waals surface area contributed by atoms with E-state index in [0.29, 0.717) is 0 Å². The second kappa shape index (κ2) is 7.12. The fourth-order valence-electron chi connectivity index (χ4n) is 3.48. The summed E-state index contributed by atoms with van der Waals surface area (Å²) in [7, 11) is 0. The summed E-state index contributed by atoms with van der Waals surface area (Å²) in [6, 6.07) is 23.7. The standard InChI is InChI=1S/C23H18F2O/c24-23(25)26-19-13-9-16(10-14-19)15-22-20-7-3-1-5-17(20)11-12-18-6-2-4-8-21(18)22/h1-10,13-15,23H,11-12H2. The average Bonchev–Trinajstić information content (AvgIpc) is 2.81. The van der Waals surface area contributed by atoms with Crippen molar-refractivity contribution >= 4 is 11.6 Å². The highest BCUT2D eigenvalue weighted by atomic mass is 19.3. The van der Waals surface area contributed by atoms with Crippen LogP contribution in [0.25, 0.3) is 11.6 Å². The molecule has 0 aliphatic heterocycles. The zero-order valence-electron chi connectivity index (χ0n) is 14.2. The molecular weight excluding hydrogens is 330 g/mol. The largest absolute Gasteiger partial charge is 0.435 e. The van der Waals surface area contributed by atoms with Gasteiger partial charge >= 0.3 is 6.61 Å². The van der Waals surface area contributed by atoms with Crippen LogP contribution < -0.4 is 4.74 Å². The topological polar surface area (TPSA) is 9.23 Å². The highest BCUT2D eigenvalue weighted by molar-refractivity contribution is 5.94. The van der Waals surface area contributed by atoms with Gasteiger partial charge in [0.25, 0.3) is 0 Å². The Morgan fingerprint density at radius 3 is 1.81 bits per heavy atom. The predicted octanol–water partition coefficient (Wildman–Crippen LogP) is 5.98. The molecular formula is C23H18F2O. The summed E-state index contributed by atoms with van der Waals surface area (Å²) in [6.07, 6.45) is 4.13. The van der Waals surface area contributed by atoms with Crippen LogP contribution in [0.5, 0.6) is 5.75 Å². The highest BCUT2D eigenvalue weighted by Crippen LogP contribution is 2.35. The molecule has 1 nitrogen and oxygen atoms in total. The molecule has 26 heavy (non-hydrogen) atoms. The monoisotopic (exact) mass is 348 g/mol. The van der Waals surface area contributed by atoms with Gasteiger partial charge in [-0.3, -0.25) is 0 Å². The van der Waals surface area contributed by atoms with Gasteiger partial charge in [0, 0.05) is 0 Å². The van der Waals surface area contributed by atoms with E-state index in [1.54, 1.807) is 24.3 Å². The molecule has 0 saturated carbocycles. The van der Waals surface area contributed by atoms with Gasteiger partial charge in [0.2, 0.25) is 0 Å². The Labute approximate surface area is 151 Å². The Balaban J connectivity index is 1.80. The summed E-state index contributed by atoms with van der Waals surface area (Å²) in [5.74, 6) is 0.170. The van der Waals surface area contributed by atoms with E-state index >= 15 is 0 Å². The second-order valence-electron chi connectivity index (χ2n) is 6.32. The van der Waals surface area contributed by atoms with Gasteiger partial charge < -0.3 is 4.74 Å². The van der Waals surface area contributed by atoms with Crippen LogP contribution in [0.15, 0.2) is 72.8 Å². The summed E-state index contributed by atoms with van der Waals surface area (Å²) < 4.78 is 29.1. The second-order valence-corrected chi connectivity index (χ2v) is 6.32. The summed E-state index contributed by atoms with van der Waals surface area (Å²) in [5.41, 5.74) is 7.22. The van der Waals surface area contributed by atoms with Crippen LogP contribution in [-0.4, -0.2) is 6.61 Å². The summed E-state index contributed by atoms with van der Waals surface area (Å²) in [5, 5.41) is 0. The molecule has 4 rings (SSSR count). The van der Waals surface area contributed by atoms with Crippen molar-refractivity contribution in [2.75, 3.05) is 0 Å². The molecule has 0 spiro atoms. The van der Waals surface area contributed by atoms with Crippen molar-refractivity contribution < 1.29 is 13.5 Å². The van der Waals surface area contributed by atoms with E-state index in [2.05, 4.69) is 59.3 Å². The minimum absolute atomic E-state index is 0.170. The number of fused-ring (bicyclic) bond motifs is 2. The zero-order chi connectivity index (χ0) is 17.9. The molecule has 0 saturated heterocycles. The van der Waals surface area contributed by atoms with Crippen LogP contribution in [-0.2, 0) is 12.8 Å². The van der Waals surface area contributed by atoms with Gasteiger partial charge in [-0.15, -0.1) is 0 Å². The maximum Gasteiger partial charge on any atom is 0.387 e. The number of ether oxygens (including phenoxy) is 1. The van der Waals surface area contributed by atoms with Crippen molar-refractivity contribution in [3.63, 3.8) is 0 Å². The maximum absolute atomic E-state index is 12.3. The number of benzene rings is 3. The Hall–Kier alpha value is -2.94. The van der Waals surface area contributed by atoms with Gasteiger partial charge in [-0.1, -0.05) is 60.7 Å². The van der Waals surface area contributed by atoms with Crippen LogP contribution in [0.3, 0.4) is 0 Å². The molecule has 0 aromatic heterocycles. The molecule has 0 fully saturated rings. The smallest absolute Gasteiger partial charge is 0.387 e. The van der Waals surface area contributed by atoms with Gasteiger partial charge in [-0.25, -0.2) is 0 Å². The number of hydrogen-bond donors (Lipinski definition) is 0. The third-order valence-electron chi connectivity index (χ3n) is 4.70. The Morgan fingerprint density at radius 1 is 0.731 bits per heavy atom. The van der Waals surface area contributed by atoms with Gasteiger partial charge in [0.05, 0.1) is 0 Å². The van der Waals surface area contributed by atoms with Gasteiger partial charge in [-0.2, -0.15) is 8.78 Å². The third-order valence-corrected chi connectivity index (χ3v) is 4.70. The Bertz CT molecular complexity index is 893. The minimum atomic E-state index is -2.81. The average molecular weight is 348 g/mol. The summed E-state index contributed by atoms with van der Waals surface area (Å²) in [4.78, 5) is 0. The van der Waals surface area contributed by atoms with Crippen LogP contribution in [0.4, 0.5) is 8.78 Å². The molecule has 0 heterocycles. The van der Waals surface area contributed by atoms with Gasteiger partial charge in [0.15, 0.2) is 0 Å². The number of aryl methyl sites for hydroxylation is 2. The first kappa shape index (κ1) is 16.5. The molecule has 0 amide bonds. The number of halogens is 2. The van der Waals surface area contributed by atoms with Crippen LogP contribution in [0.1, 0.15) is 27.8 Å². The first-order valence-corrected chi connectivity index (χ1v) is 8.64. The van der Waals surface area contributed by atoms with Crippen molar-refractivity contribution in [2.24, 2.45) is 0 Å². The fraction of sp³-hybridized carbons (Fsp3) is 0.130. The van der Waals surface area contributed by atoms with E-state index in [4.69, 9.17) is 0 Å². The van der Waals surface area contributed by atoms with E-state index in [9.17, 15) is 8.78 Å². The van der Waals surface area contributed by atoms with E-state index in [1.165, 1.54) is 22.3 Å². The van der Waals surface area contributed by atoms with E-state index < -0.39 is 6.61 Å². The van der Waals surface area contributed by atoms with Crippen molar-refractivity contribution in [3.05, 3.63) is 101 Å². The van der Waals surface area contributed by atoms with Gasteiger partial charge in [0.1, 0.15) is 5.75 Å². The van der Waals surface area contributed by atoms with E-state index in [1.807, 2.05) is 0 Å². The molecule has 3 heteroatoms. The normalized spacial score (nSPS) is 13.0. The van der Waals surface area contributed by atoms with Gasteiger partial charge in [-0.05, 0) is 64.4 Å². The third kappa shape index (κ3) is 3.38. The molecule has 0 N–H and O–H groups in total. The van der Waals surface area contributed by atoms with Crippen LogP contribution in [0.2, 0.25) is 0 Å². The van der Waals surface area contributed by atoms with Crippen LogP contribution in [0, 0.1) is 0 Å². The quantitative estimate of drug-likeness (QED) is 0.566. The highest BCUT2D eigenvalue weighted by Gasteiger charge is 2.17. The summed E-state index contributed by atoms with van der Waals surface area (Å²) >= 11 is 0. The van der Waals surface area contributed by atoms with Crippen LogP contribution >= 0.6 is 0 Å². The lowest BCUT2D eigenvalue weighted by molar-refractivity contribution is -0.0498. The SMILES string of the molecule is FC(F)Oc1ccc(C=C2c3ccccc3CCc3ccccc32)cc1. The molecule has 0 unspecified atom stereocenters. The molecule has 0 bridgehead atoms. The molecule has 0 radical (unpaired) electrons. The number of alkyl halides is 2. The lowest BCUT2D eigenvalue weighted by Crippen LogP contribution is -2.01. The molecule has 3 aromatic rings. The zero-order valence-corrected chi connectivity index (χ0v) is 14.2. The fourth-order valence-corrected chi connectivity index (χ4v) is 3.48. The first-order valence-electron chi connectivity index (χ1n) is 8.64. The first-order chi connectivity index (χ1) is 12.7. The van der Waals surface area contributed by atoms with Crippen molar-refractivity contribution in [1.29, 1.82) is 0 Å².